The van der Waals surface area contributed by atoms with Gasteiger partial charge < -0.3 is 19.8 Å². The zero-order chi connectivity index (χ0) is 19.9. The molecule has 1 aromatic rings. The lowest BCUT2D eigenvalue weighted by molar-refractivity contribution is -0.118. The molecule has 0 aromatic carbocycles. The molecule has 1 aliphatic carbocycles. The highest BCUT2D eigenvalue weighted by Gasteiger charge is 2.28. The Kier molecular flexibility index (Phi) is 6.77. The number of nitrogens with one attached hydrogen (secondary N) is 2. The Bertz CT molecular complexity index is 857. The molecule has 1 aliphatic heterocycles. The van der Waals surface area contributed by atoms with Gasteiger partial charge in [-0.1, -0.05) is 0 Å². The minimum Gasteiger partial charge on any atom is -0.498 e. The number of aliphatic imine (C=N–C) groups is 2. The number of H-pyrrole nitrogens is 1. The van der Waals surface area contributed by atoms with Crippen LogP contribution in [0.15, 0.2) is 46.0 Å². The minimum atomic E-state index is -0.431. The van der Waals surface area contributed by atoms with Gasteiger partial charge in [0, 0.05) is 38.0 Å². The number of allylic oxidation sites excluding steroid dienone is 1. The van der Waals surface area contributed by atoms with Crippen molar-refractivity contribution in [1.29, 1.82) is 0 Å². The van der Waals surface area contributed by atoms with E-state index in [1.807, 2.05) is 0 Å². The van der Waals surface area contributed by atoms with Crippen molar-refractivity contribution in [3.05, 3.63) is 41.7 Å². The average Bonchev–Trinajstić information content (AvgIpc) is 3.20. The van der Waals surface area contributed by atoms with Crippen LogP contribution in [0.1, 0.15) is 5.69 Å². The third-order valence-corrected chi connectivity index (χ3v) is 5.02. The van der Waals surface area contributed by atoms with E-state index in [4.69, 9.17) is 9.47 Å². The molecule has 1 unspecified atom stereocenters. The smallest absolute Gasteiger partial charge is 0.280 e. The molecular formula is C18H21N5O4S. The molecule has 1 aromatic heterocycles. The number of amides is 2. The molecule has 2 amide bonds. The summed E-state index contributed by atoms with van der Waals surface area (Å²) >= 11 is 1.35. The van der Waals surface area contributed by atoms with Crippen LogP contribution in [0.25, 0.3) is 0 Å². The lowest BCUT2D eigenvalue weighted by atomic mass is 9.99. The number of rotatable bonds is 9. The molecule has 0 fully saturated rings. The van der Waals surface area contributed by atoms with Gasteiger partial charge in [0.1, 0.15) is 17.7 Å². The van der Waals surface area contributed by atoms with E-state index >= 15 is 0 Å². The van der Waals surface area contributed by atoms with E-state index in [1.54, 1.807) is 24.7 Å². The predicted molar refractivity (Wildman–Crippen MR) is 106 cm³/mol. The van der Waals surface area contributed by atoms with Crippen LogP contribution >= 0.6 is 11.8 Å². The standard InChI is InChI=1S/C18H21N5O4S/c1-26-14-5-12-13(6-15(14)27-2)22-16(23-18(12)25)8-28-9-17(24)20-4-3-11-7-19-10-21-11/h5-7,10,14H,3-4,8-9H2,1-2H3,(H,19,21)(H,20,24). The van der Waals surface area contributed by atoms with Gasteiger partial charge in [0.05, 0.1) is 36.2 Å². The number of hydrogen-bond acceptors (Lipinski definition) is 7. The molecule has 0 saturated carbocycles. The second-order valence-corrected chi connectivity index (χ2v) is 6.97. The van der Waals surface area contributed by atoms with E-state index < -0.39 is 6.10 Å². The lowest BCUT2D eigenvalue weighted by Crippen LogP contribution is -2.29. The molecule has 2 heterocycles. The molecule has 10 heteroatoms. The SMILES string of the molecule is COC1=CC2=NC(CSCC(=O)NCCc3cnc[nH]3)=NC(=O)C2=CC1OC. The second-order valence-electron chi connectivity index (χ2n) is 5.99. The summed E-state index contributed by atoms with van der Waals surface area (Å²) in [6, 6.07) is 0. The van der Waals surface area contributed by atoms with Crippen molar-refractivity contribution in [2.24, 2.45) is 9.98 Å². The summed E-state index contributed by atoms with van der Waals surface area (Å²) in [5, 5.41) is 2.84. The van der Waals surface area contributed by atoms with Crippen molar-refractivity contribution in [1.82, 2.24) is 15.3 Å². The number of thioether (sulfide) groups is 1. The number of carbonyl (C=O) groups excluding carboxylic acids is 2. The normalized spacial score (nSPS) is 18.5. The Labute approximate surface area is 166 Å². The van der Waals surface area contributed by atoms with Gasteiger partial charge in [0.2, 0.25) is 5.91 Å². The highest BCUT2D eigenvalue weighted by molar-refractivity contribution is 8.00. The first kappa shape index (κ1) is 20.0. The first-order valence-corrected chi connectivity index (χ1v) is 9.79. The highest BCUT2D eigenvalue weighted by Crippen LogP contribution is 2.23. The van der Waals surface area contributed by atoms with Crippen LogP contribution in [0.4, 0.5) is 0 Å². The van der Waals surface area contributed by atoms with Crippen molar-refractivity contribution in [2.45, 2.75) is 12.5 Å². The average molecular weight is 403 g/mol. The Morgan fingerprint density at radius 2 is 2.21 bits per heavy atom. The summed E-state index contributed by atoms with van der Waals surface area (Å²) in [6.45, 7) is 0.530. The van der Waals surface area contributed by atoms with Gasteiger partial charge >= 0.3 is 0 Å². The van der Waals surface area contributed by atoms with Crippen LogP contribution in [-0.4, -0.2) is 71.7 Å². The fraction of sp³-hybridized carbons (Fsp3) is 0.389. The number of ether oxygens (including phenoxy) is 2. The van der Waals surface area contributed by atoms with E-state index in [1.165, 1.54) is 26.0 Å². The van der Waals surface area contributed by atoms with Crippen LogP contribution in [0.2, 0.25) is 0 Å². The number of carbonyl (C=O) groups is 2. The Morgan fingerprint density at radius 3 is 2.93 bits per heavy atom. The van der Waals surface area contributed by atoms with Gasteiger partial charge in [-0.25, -0.2) is 9.98 Å². The molecular weight excluding hydrogens is 382 g/mol. The third-order valence-electron chi connectivity index (χ3n) is 4.09. The Hall–Kier alpha value is -2.72. The van der Waals surface area contributed by atoms with Crippen LogP contribution < -0.4 is 5.32 Å². The number of aromatic amines is 1. The number of fused-ring (bicyclic) bond motifs is 1. The first-order valence-electron chi connectivity index (χ1n) is 8.63. The summed E-state index contributed by atoms with van der Waals surface area (Å²) in [4.78, 5) is 39.5. The number of amidine groups is 1. The quantitative estimate of drug-likeness (QED) is 0.626. The minimum absolute atomic E-state index is 0.0809. The molecule has 2 aliphatic rings. The largest absolute Gasteiger partial charge is 0.498 e. The van der Waals surface area contributed by atoms with Gasteiger partial charge in [0.25, 0.3) is 5.91 Å². The molecule has 0 bridgehead atoms. The Morgan fingerprint density at radius 1 is 1.36 bits per heavy atom. The summed E-state index contributed by atoms with van der Waals surface area (Å²) < 4.78 is 10.6. The Balaban J connectivity index is 1.49. The predicted octanol–water partition coefficient (Wildman–Crippen LogP) is 0.667. The third kappa shape index (κ3) is 4.96. The summed E-state index contributed by atoms with van der Waals surface area (Å²) in [6.07, 6.45) is 6.93. The van der Waals surface area contributed by atoms with E-state index in [0.717, 1.165) is 5.69 Å². The number of imidazole rings is 1. The maximum atomic E-state index is 12.3. The van der Waals surface area contributed by atoms with Crippen molar-refractivity contribution < 1.29 is 19.1 Å². The van der Waals surface area contributed by atoms with Crippen LogP contribution in [0.3, 0.4) is 0 Å². The van der Waals surface area contributed by atoms with Gasteiger partial charge in [-0.2, -0.15) is 4.99 Å². The summed E-state index contributed by atoms with van der Waals surface area (Å²) in [7, 11) is 3.08. The summed E-state index contributed by atoms with van der Waals surface area (Å²) in [5.41, 5.74) is 1.87. The monoisotopic (exact) mass is 403 g/mol. The molecule has 2 N–H and O–H groups in total. The summed E-state index contributed by atoms with van der Waals surface area (Å²) in [5.74, 6) is 1.13. The highest BCUT2D eigenvalue weighted by atomic mass is 32.2. The van der Waals surface area contributed by atoms with Crippen molar-refractivity contribution in [3.8, 4) is 0 Å². The van der Waals surface area contributed by atoms with Gasteiger partial charge in [-0.05, 0) is 6.08 Å². The molecule has 1 atom stereocenters. The molecule has 28 heavy (non-hydrogen) atoms. The lowest BCUT2D eigenvalue weighted by Gasteiger charge is -2.22. The van der Waals surface area contributed by atoms with Crippen LogP contribution in [0, 0.1) is 0 Å². The van der Waals surface area contributed by atoms with Crippen molar-refractivity contribution in [3.63, 3.8) is 0 Å². The van der Waals surface area contributed by atoms with Crippen molar-refractivity contribution in [2.75, 3.05) is 32.3 Å². The maximum absolute atomic E-state index is 12.3. The van der Waals surface area contributed by atoms with Gasteiger partial charge in [-0.3, -0.25) is 9.59 Å². The van der Waals surface area contributed by atoms with E-state index in [2.05, 4.69) is 25.3 Å². The number of hydrogen-bond donors (Lipinski definition) is 2. The zero-order valence-electron chi connectivity index (χ0n) is 15.6. The fourth-order valence-electron chi connectivity index (χ4n) is 2.70. The maximum Gasteiger partial charge on any atom is 0.280 e. The zero-order valence-corrected chi connectivity index (χ0v) is 16.4. The topological polar surface area (TPSA) is 118 Å². The van der Waals surface area contributed by atoms with Gasteiger partial charge in [0.15, 0.2) is 0 Å². The second kappa shape index (κ2) is 9.47. The van der Waals surface area contributed by atoms with Crippen LogP contribution in [0.5, 0.6) is 0 Å². The van der Waals surface area contributed by atoms with E-state index in [0.29, 0.717) is 41.6 Å². The van der Waals surface area contributed by atoms with Gasteiger partial charge in [-0.15, -0.1) is 11.8 Å². The molecule has 148 valence electrons. The number of nitrogens with zero attached hydrogens (tertiary/aromatic N) is 3. The van der Waals surface area contributed by atoms with E-state index in [-0.39, 0.29) is 17.6 Å². The number of aromatic nitrogens is 2. The van der Waals surface area contributed by atoms with Crippen molar-refractivity contribution >= 4 is 35.1 Å². The van der Waals surface area contributed by atoms with Crippen LogP contribution in [-0.2, 0) is 25.5 Å². The molecule has 9 nitrogen and oxygen atoms in total. The van der Waals surface area contributed by atoms with E-state index in [9.17, 15) is 9.59 Å². The molecule has 0 saturated heterocycles. The fourth-order valence-corrected chi connectivity index (χ4v) is 3.40. The first-order chi connectivity index (χ1) is 13.6. The molecule has 0 spiro atoms. The molecule has 3 rings (SSSR count). The molecule has 0 radical (unpaired) electrons. The number of methoxy groups -OCH3 is 2.